The van der Waals surface area contributed by atoms with Crippen LogP contribution in [0.25, 0.3) is 0 Å². The summed E-state index contributed by atoms with van der Waals surface area (Å²) in [5.41, 5.74) is 5.32. The summed E-state index contributed by atoms with van der Waals surface area (Å²) < 4.78 is 0. The predicted octanol–water partition coefficient (Wildman–Crippen LogP) is -1.44. The van der Waals surface area contributed by atoms with Crippen LogP contribution in [0.2, 0.25) is 0 Å². The molecule has 0 heterocycles. The molecule has 1 aliphatic rings. The van der Waals surface area contributed by atoms with Crippen molar-refractivity contribution < 1.29 is 20.1 Å². The zero-order valence-electron chi connectivity index (χ0n) is 6.25. The van der Waals surface area contributed by atoms with Crippen LogP contribution >= 0.6 is 12.4 Å². The minimum atomic E-state index is -1.22. The molecule has 5 nitrogen and oxygen atoms in total. The summed E-state index contributed by atoms with van der Waals surface area (Å²) in [6, 6.07) is -0.619. The molecule has 0 spiro atoms. The molecular formula is C6H12ClNO4. The zero-order valence-corrected chi connectivity index (χ0v) is 7.07. The molecule has 0 amide bonds. The SMILES string of the molecule is Cl.N[C@@H]1C[C@H](C(=O)O)[C@@H](O)[C@H]1O. The van der Waals surface area contributed by atoms with E-state index in [1.807, 2.05) is 0 Å². The van der Waals surface area contributed by atoms with Crippen LogP contribution in [0.3, 0.4) is 0 Å². The van der Waals surface area contributed by atoms with Crippen LogP contribution in [0.15, 0.2) is 0 Å². The van der Waals surface area contributed by atoms with E-state index in [0.29, 0.717) is 0 Å². The fourth-order valence-electron chi connectivity index (χ4n) is 1.31. The topological polar surface area (TPSA) is 104 Å². The zero-order chi connectivity index (χ0) is 8.59. The standard InChI is InChI=1S/C6H11NO4.ClH/c7-3-1-2(6(10)11)4(8)5(3)9;/h2-5,8-9H,1,7H2,(H,10,11);1H/t2-,3+,4+,5-;/m0./s1. The minimum Gasteiger partial charge on any atom is -0.481 e. The van der Waals surface area contributed by atoms with Gasteiger partial charge >= 0.3 is 5.97 Å². The van der Waals surface area contributed by atoms with Crippen LogP contribution in [0.1, 0.15) is 6.42 Å². The van der Waals surface area contributed by atoms with Gasteiger partial charge in [-0.3, -0.25) is 4.79 Å². The van der Waals surface area contributed by atoms with Gasteiger partial charge in [-0.15, -0.1) is 12.4 Å². The maximum Gasteiger partial charge on any atom is 0.309 e. The molecule has 0 unspecified atom stereocenters. The van der Waals surface area contributed by atoms with E-state index in [0.717, 1.165) is 0 Å². The van der Waals surface area contributed by atoms with Gasteiger partial charge in [-0.25, -0.2) is 0 Å². The van der Waals surface area contributed by atoms with E-state index in [-0.39, 0.29) is 18.8 Å². The van der Waals surface area contributed by atoms with Crippen molar-refractivity contribution in [2.45, 2.75) is 24.7 Å². The molecule has 1 fully saturated rings. The number of aliphatic hydroxyl groups is 2. The smallest absolute Gasteiger partial charge is 0.309 e. The van der Waals surface area contributed by atoms with Gasteiger partial charge in [0.1, 0.15) is 0 Å². The lowest BCUT2D eigenvalue weighted by atomic mass is 10.1. The summed E-state index contributed by atoms with van der Waals surface area (Å²) in [4.78, 5) is 10.4. The number of hydrogen-bond acceptors (Lipinski definition) is 4. The molecule has 0 aromatic carbocycles. The predicted molar refractivity (Wildman–Crippen MR) is 43.0 cm³/mol. The number of carboxylic acids is 1. The summed E-state index contributed by atoms with van der Waals surface area (Å²) >= 11 is 0. The molecule has 12 heavy (non-hydrogen) atoms. The number of halogens is 1. The van der Waals surface area contributed by atoms with Gasteiger partial charge in [0, 0.05) is 6.04 Å². The minimum absolute atomic E-state index is 0. The largest absolute Gasteiger partial charge is 0.481 e. The van der Waals surface area contributed by atoms with Crippen molar-refractivity contribution in [2.75, 3.05) is 0 Å². The monoisotopic (exact) mass is 197 g/mol. The Balaban J connectivity index is 0.00000121. The number of rotatable bonds is 1. The summed E-state index contributed by atoms with van der Waals surface area (Å²) in [7, 11) is 0. The molecule has 0 aromatic heterocycles. The first-order chi connectivity index (χ1) is 5.04. The Kier molecular flexibility index (Phi) is 3.92. The Labute approximate surface area is 75.6 Å². The molecule has 4 atom stereocenters. The van der Waals surface area contributed by atoms with Gasteiger partial charge in [-0.05, 0) is 6.42 Å². The van der Waals surface area contributed by atoms with Gasteiger partial charge in [0.2, 0.25) is 0 Å². The van der Waals surface area contributed by atoms with E-state index in [9.17, 15) is 4.79 Å². The number of hydrogen-bond donors (Lipinski definition) is 4. The van der Waals surface area contributed by atoms with Crippen molar-refractivity contribution in [2.24, 2.45) is 11.7 Å². The molecule has 0 bridgehead atoms. The molecule has 5 N–H and O–H groups in total. The number of carboxylic acid groups (broad SMARTS) is 1. The number of aliphatic hydroxyl groups excluding tert-OH is 2. The van der Waals surface area contributed by atoms with E-state index in [4.69, 9.17) is 21.1 Å². The first kappa shape index (κ1) is 11.6. The normalized spacial score (nSPS) is 40.6. The second-order valence-corrected chi connectivity index (χ2v) is 2.83. The summed E-state index contributed by atoms with van der Waals surface area (Å²) in [5, 5.41) is 26.6. The van der Waals surface area contributed by atoms with Gasteiger partial charge in [0.05, 0.1) is 18.1 Å². The lowest BCUT2D eigenvalue weighted by Gasteiger charge is -2.12. The first-order valence-corrected chi connectivity index (χ1v) is 3.38. The number of carbonyl (C=O) groups is 1. The van der Waals surface area contributed by atoms with Crippen molar-refractivity contribution in [3.63, 3.8) is 0 Å². The van der Waals surface area contributed by atoms with Crippen LogP contribution in [-0.4, -0.2) is 39.5 Å². The average Bonchev–Trinajstić information content (AvgIpc) is 2.17. The Bertz CT molecular complexity index is 177. The summed E-state index contributed by atoms with van der Waals surface area (Å²) in [5.74, 6) is -2.02. The highest BCUT2D eigenvalue weighted by Crippen LogP contribution is 2.25. The number of nitrogens with two attached hydrogens (primary N) is 1. The average molecular weight is 198 g/mol. The van der Waals surface area contributed by atoms with Crippen molar-refractivity contribution in [3.05, 3.63) is 0 Å². The van der Waals surface area contributed by atoms with Crippen molar-refractivity contribution in [3.8, 4) is 0 Å². The Morgan fingerprint density at radius 3 is 2.00 bits per heavy atom. The Morgan fingerprint density at radius 2 is 1.83 bits per heavy atom. The number of aliphatic carboxylic acids is 1. The second-order valence-electron chi connectivity index (χ2n) is 2.83. The quantitative estimate of drug-likeness (QED) is 0.412. The molecule has 1 aliphatic carbocycles. The lowest BCUT2D eigenvalue weighted by Crippen LogP contribution is -2.36. The van der Waals surface area contributed by atoms with Crippen molar-refractivity contribution in [1.82, 2.24) is 0 Å². The molecule has 1 rings (SSSR count). The van der Waals surface area contributed by atoms with Crippen molar-refractivity contribution >= 4 is 18.4 Å². The third-order valence-corrected chi connectivity index (χ3v) is 2.04. The molecule has 0 aromatic rings. The highest BCUT2D eigenvalue weighted by Gasteiger charge is 2.43. The lowest BCUT2D eigenvalue weighted by molar-refractivity contribution is -0.145. The third kappa shape index (κ3) is 1.87. The van der Waals surface area contributed by atoms with Crippen LogP contribution in [0.5, 0.6) is 0 Å². The van der Waals surface area contributed by atoms with E-state index in [1.165, 1.54) is 0 Å². The van der Waals surface area contributed by atoms with E-state index in [2.05, 4.69) is 0 Å². The fourth-order valence-corrected chi connectivity index (χ4v) is 1.31. The molecular weight excluding hydrogens is 186 g/mol. The Hall–Kier alpha value is -0.360. The van der Waals surface area contributed by atoms with E-state index in [1.54, 1.807) is 0 Å². The summed E-state index contributed by atoms with van der Waals surface area (Å²) in [6.07, 6.45) is -2.18. The van der Waals surface area contributed by atoms with Gasteiger partial charge < -0.3 is 21.1 Å². The van der Waals surface area contributed by atoms with E-state index >= 15 is 0 Å². The second kappa shape index (κ2) is 4.04. The molecule has 0 radical (unpaired) electrons. The van der Waals surface area contributed by atoms with Gasteiger partial charge in [0.25, 0.3) is 0 Å². The molecule has 0 aliphatic heterocycles. The highest BCUT2D eigenvalue weighted by molar-refractivity contribution is 5.85. The van der Waals surface area contributed by atoms with Gasteiger partial charge in [-0.2, -0.15) is 0 Å². The van der Waals surface area contributed by atoms with E-state index < -0.39 is 30.1 Å². The molecule has 72 valence electrons. The maximum absolute atomic E-state index is 10.4. The summed E-state index contributed by atoms with van der Waals surface area (Å²) in [6.45, 7) is 0. The molecule has 6 heteroatoms. The molecule has 1 saturated carbocycles. The van der Waals surface area contributed by atoms with Gasteiger partial charge in [-0.1, -0.05) is 0 Å². The van der Waals surface area contributed by atoms with Crippen molar-refractivity contribution in [1.29, 1.82) is 0 Å². The Morgan fingerprint density at radius 1 is 1.33 bits per heavy atom. The molecule has 0 saturated heterocycles. The first-order valence-electron chi connectivity index (χ1n) is 3.38. The van der Waals surface area contributed by atoms with Crippen LogP contribution < -0.4 is 5.73 Å². The highest BCUT2D eigenvalue weighted by atomic mass is 35.5. The van der Waals surface area contributed by atoms with Gasteiger partial charge in [0.15, 0.2) is 0 Å². The third-order valence-electron chi connectivity index (χ3n) is 2.04. The van der Waals surface area contributed by atoms with Crippen LogP contribution in [0, 0.1) is 5.92 Å². The fraction of sp³-hybridized carbons (Fsp3) is 0.833. The van der Waals surface area contributed by atoms with Crippen LogP contribution in [0.4, 0.5) is 0 Å². The maximum atomic E-state index is 10.4. The van der Waals surface area contributed by atoms with Crippen LogP contribution in [-0.2, 0) is 4.79 Å².